The van der Waals surface area contributed by atoms with Crippen LogP contribution in [0.1, 0.15) is 10.6 Å². The van der Waals surface area contributed by atoms with Crippen LogP contribution in [-0.4, -0.2) is 50.8 Å². The number of nitro groups is 1. The van der Waals surface area contributed by atoms with Gasteiger partial charge in [0.25, 0.3) is 5.69 Å². The fourth-order valence-electron chi connectivity index (χ4n) is 2.89. The molecule has 1 aliphatic heterocycles. The Bertz CT molecular complexity index is 928. The topological polar surface area (TPSA) is 96.7 Å². The van der Waals surface area contributed by atoms with E-state index in [1.165, 1.54) is 17.0 Å². The smallest absolute Gasteiger partial charge is 0.288 e. The van der Waals surface area contributed by atoms with E-state index in [4.69, 9.17) is 0 Å². The molecule has 8 nitrogen and oxygen atoms in total. The molecule has 10 heteroatoms. The normalized spacial score (nSPS) is 15.3. The van der Waals surface area contributed by atoms with Gasteiger partial charge in [-0.2, -0.15) is 0 Å². The number of thiazole rings is 1. The number of sulfone groups is 1. The maximum atomic E-state index is 11.9. The van der Waals surface area contributed by atoms with Gasteiger partial charge in [0.1, 0.15) is 4.90 Å². The van der Waals surface area contributed by atoms with Gasteiger partial charge in [0.2, 0.25) is 0 Å². The van der Waals surface area contributed by atoms with Gasteiger partial charge in [0.05, 0.1) is 10.6 Å². The van der Waals surface area contributed by atoms with Gasteiger partial charge < -0.3 is 9.80 Å². The number of nitro benzene ring substituents is 1. The van der Waals surface area contributed by atoms with Crippen molar-refractivity contribution in [2.45, 2.75) is 18.7 Å². The molecule has 1 fully saturated rings. The molecule has 0 spiro atoms. The first-order chi connectivity index (χ1) is 12.2. The van der Waals surface area contributed by atoms with Gasteiger partial charge in [-0.3, -0.25) is 10.1 Å². The van der Waals surface area contributed by atoms with Crippen LogP contribution in [0.5, 0.6) is 0 Å². The van der Waals surface area contributed by atoms with E-state index in [0.717, 1.165) is 30.2 Å². The molecule has 2 heterocycles. The third-order valence-corrected chi connectivity index (χ3v) is 6.73. The number of hydrogen-bond donors (Lipinski definition) is 0. The van der Waals surface area contributed by atoms with Gasteiger partial charge in [0, 0.05) is 49.1 Å². The molecule has 0 amide bonds. The molecular formula is C16H20N4O4S2. The predicted octanol–water partition coefficient (Wildman–Crippen LogP) is 2.40. The Morgan fingerprint density at radius 1 is 1.15 bits per heavy atom. The fourth-order valence-corrected chi connectivity index (χ4v) is 4.71. The Hall–Kier alpha value is -2.20. The van der Waals surface area contributed by atoms with Crippen LogP contribution in [0, 0.1) is 24.0 Å². The number of rotatable bonds is 4. The van der Waals surface area contributed by atoms with Crippen molar-refractivity contribution in [2.75, 3.05) is 42.2 Å². The highest BCUT2D eigenvalue weighted by molar-refractivity contribution is 7.90. The molecule has 1 saturated heterocycles. The van der Waals surface area contributed by atoms with Gasteiger partial charge in [0.15, 0.2) is 15.0 Å². The van der Waals surface area contributed by atoms with E-state index in [2.05, 4.69) is 16.8 Å². The highest BCUT2D eigenvalue weighted by Crippen LogP contribution is 2.31. The Morgan fingerprint density at radius 2 is 1.77 bits per heavy atom. The van der Waals surface area contributed by atoms with E-state index in [-0.39, 0.29) is 10.6 Å². The van der Waals surface area contributed by atoms with Crippen molar-refractivity contribution in [3.63, 3.8) is 0 Å². The molecule has 1 aromatic heterocycles. The van der Waals surface area contributed by atoms with E-state index >= 15 is 0 Å². The molecule has 1 aliphatic rings. The van der Waals surface area contributed by atoms with Crippen LogP contribution in [-0.2, 0) is 9.84 Å². The minimum atomic E-state index is -3.68. The monoisotopic (exact) mass is 396 g/mol. The average Bonchev–Trinajstić information content (AvgIpc) is 2.93. The molecule has 0 bridgehead atoms. The highest BCUT2D eigenvalue weighted by Gasteiger charge is 2.25. The van der Waals surface area contributed by atoms with Gasteiger partial charge in [-0.15, -0.1) is 11.3 Å². The predicted molar refractivity (Wildman–Crippen MR) is 102 cm³/mol. The van der Waals surface area contributed by atoms with Crippen LogP contribution in [0.3, 0.4) is 0 Å². The standard InChI is InChI=1S/C16H20N4O4S2/c1-11-12(2)25-16(17-11)19-8-6-18(7-9-19)13-4-5-14(20(21)22)15(10-13)26(3,23)24/h4-5,10H,6-9H2,1-3H3. The van der Waals surface area contributed by atoms with Crippen LogP contribution in [0.15, 0.2) is 23.1 Å². The zero-order valence-corrected chi connectivity index (χ0v) is 16.4. The Balaban J connectivity index is 1.80. The second-order valence-corrected chi connectivity index (χ2v) is 9.46. The molecule has 0 radical (unpaired) electrons. The van der Waals surface area contributed by atoms with Gasteiger partial charge in [-0.1, -0.05) is 0 Å². The first-order valence-electron chi connectivity index (χ1n) is 8.09. The lowest BCUT2D eigenvalue weighted by atomic mass is 10.2. The van der Waals surface area contributed by atoms with E-state index in [1.807, 2.05) is 11.8 Å². The number of piperazine rings is 1. The maximum absolute atomic E-state index is 11.9. The SMILES string of the molecule is Cc1nc(N2CCN(c3ccc([N+](=O)[O-])c(S(C)(=O)=O)c3)CC2)sc1C. The van der Waals surface area contributed by atoms with Crippen molar-refractivity contribution in [3.8, 4) is 0 Å². The Morgan fingerprint density at radius 3 is 2.27 bits per heavy atom. The minimum Gasteiger partial charge on any atom is -0.368 e. The lowest BCUT2D eigenvalue weighted by Crippen LogP contribution is -2.46. The molecule has 0 unspecified atom stereocenters. The largest absolute Gasteiger partial charge is 0.368 e. The second-order valence-electron chi connectivity index (χ2n) is 6.29. The summed E-state index contributed by atoms with van der Waals surface area (Å²) in [6.07, 6.45) is 0.990. The Kier molecular flexibility index (Phi) is 4.89. The van der Waals surface area contributed by atoms with Gasteiger partial charge >= 0.3 is 0 Å². The molecule has 0 saturated carbocycles. The van der Waals surface area contributed by atoms with Crippen molar-refractivity contribution in [1.82, 2.24) is 4.98 Å². The summed E-state index contributed by atoms with van der Waals surface area (Å²) in [5.41, 5.74) is 1.34. The number of hydrogen-bond acceptors (Lipinski definition) is 8. The first kappa shape index (κ1) is 18.6. The quantitative estimate of drug-likeness (QED) is 0.578. The van der Waals surface area contributed by atoms with Crippen LogP contribution < -0.4 is 9.80 Å². The van der Waals surface area contributed by atoms with E-state index in [1.54, 1.807) is 17.4 Å². The van der Waals surface area contributed by atoms with Crippen molar-refractivity contribution in [3.05, 3.63) is 38.9 Å². The summed E-state index contributed by atoms with van der Waals surface area (Å²) in [6.45, 7) is 6.96. The molecule has 1 aromatic carbocycles. The lowest BCUT2D eigenvalue weighted by Gasteiger charge is -2.36. The number of anilines is 2. The molecule has 0 atom stereocenters. The maximum Gasteiger partial charge on any atom is 0.288 e. The summed E-state index contributed by atoms with van der Waals surface area (Å²) >= 11 is 1.67. The summed E-state index contributed by atoms with van der Waals surface area (Å²) in [5, 5.41) is 12.1. The summed E-state index contributed by atoms with van der Waals surface area (Å²) in [6, 6.07) is 4.28. The molecule has 3 rings (SSSR count). The number of aromatic nitrogens is 1. The molecular weight excluding hydrogens is 376 g/mol. The molecule has 2 aromatic rings. The van der Waals surface area contributed by atoms with Crippen molar-refractivity contribution in [1.29, 1.82) is 0 Å². The van der Waals surface area contributed by atoms with Crippen LogP contribution in [0.4, 0.5) is 16.5 Å². The van der Waals surface area contributed by atoms with Crippen LogP contribution in [0.2, 0.25) is 0 Å². The van der Waals surface area contributed by atoms with Crippen molar-refractivity contribution >= 4 is 37.7 Å². The van der Waals surface area contributed by atoms with E-state index in [9.17, 15) is 18.5 Å². The summed E-state index contributed by atoms with van der Waals surface area (Å²) in [7, 11) is -3.68. The van der Waals surface area contributed by atoms with E-state index < -0.39 is 14.8 Å². The van der Waals surface area contributed by atoms with Crippen LogP contribution in [0.25, 0.3) is 0 Å². The number of benzene rings is 1. The first-order valence-corrected chi connectivity index (χ1v) is 10.8. The number of aryl methyl sites for hydroxylation is 2. The highest BCUT2D eigenvalue weighted by atomic mass is 32.2. The molecule has 140 valence electrons. The summed E-state index contributed by atoms with van der Waals surface area (Å²) in [5.74, 6) is 0. The minimum absolute atomic E-state index is 0.242. The number of nitrogens with zero attached hydrogens (tertiary/aromatic N) is 4. The third-order valence-electron chi connectivity index (χ3n) is 4.47. The lowest BCUT2D eigenvalue weighted by molar-refractivity contribution is -0.387. The van der Waals surface area contributed by atoms with Crippen LogP contribution >= 0.6 is 11.3 Å². The average molecular weight is 396 g/mol. The summed E-state index contributed by atoms with van der Waals surface area (Å²) < 4.78 is 23.9. The van der Waals surface area contributed by atoms with Gasteiger partial charge in [-0.25, -0.2) is 13.4 Å². The van der Waals surface area contributed by atoms with Gasteiger partial charge in [-0.05, 0) is 26.0 Å². The molecule has 0 aliphatic carbocycles. The Labute approximate surface area is 156 Å². The zero-order chi connectivity index (χ0) is 19.1. The second kappa shape index (κ2) is 6.84. The molecule has 26 heavy (non-hydrogen) atoms. The third kappa shape index (κ3) is 3.65. The molecule has 0 N–H and O–H groups in total. The van der Waals surface area contributed by atoms with E-state index in [0.29, 0.717) is 18.8 Å². The van der Waals surface area contributed by atoms with Crippen molar-refractivity contribution < 1.29 is 13.3 Å². The fraction of sp³-hybridized carbons (Fsp3) is 0.438. The summed E-state index contributed by atoms with van der Waals surface area (Å²) in [4.78, 5) is 20.2. The van der Waals surface area contributed by atoms with Crippen molar-refractivity contribution in [2.24, 2.45) is 0 Å². The zero-order valence-electron chi connectivity index (χ0n) is 14.8.